The minimum Gasteiger partial charge on any atom is -0.491 e. The predicted octanol–water partition coefficient (Wildman–Crippen LogP) is 1.15. The largest absolute Gasteiger partial charge is 0.491 e. The van der Waals surface area contributed by atoms with Gasteiger partial charge >= 0.3 is 0 Å². The third-order valence-electron chi connectivity index (χ3n) is 2.36. The molecule has 0 spiro atoms. The number of hydrogen-bond donors (Lipinski definition) is 1. The van der Waals surface area contributed by atoms with E-state index in [1.807, 2.05) is 26.2 Å². The third-order valence-corrected chi connectivity index (χ3v) is 2.36. The normalized spacial score (nSPS) is 10.6. The van der Waals surface area contributed by atoms with Gasteiger partial charge in [0.1, 0.15) is 12.4 Å². The molecule has 0 atom stereocenters. The highest BCUT2D eigenvalue weighted by atomic mass is 16.5. The van der Waals surface area contributed by atoms with Crippen LogP contribution in [0.3, 0.4) is 0 Å². The first kappa shape index (κ1) is 14.9. The number of nitrogens with one attached hydrogen (secondary N) is 1. The minimum atomic E-state index is 0.532. The molecule has 0 aliphatic rings. The van der Waals surface area contributed by atoms with Crippen molar-refractivity contribution in [3.8, 4) is 5.75 Å². The Morgan fingerprint density at radius 2 is 2.00 bits per heavy atom. The second-order valence-electron chi connectivity index (χ2n) is 3.92. The van der Waals surface area contributed by atoms with Crippen molar-refractivity contribution in [1.82, 2.24) is 10.3 Å². The molecule has 0 aliphatic heterocycles. The zero-order chi connectivity index (χ0) is 13.2. The van der Waals surface area contributed by atoms with Crippen LogP contribution < -0.4 is 10.1 Å². The van der Waals surface area contributed by atoms with Crippen LogP contribution in [0.2, 0.25) is 0 Å². The number of hydrogen-bond acceptors (Lipinski definition) is 5. The summed E-state index contributed by atoms with van der Waals surface area (Å²) in [7, 11) is 3.56. The summed E-state index contributed by atoms with van der Waals surface area (Å²) in [5.41, 5.74) is 2.00. The molecule has 1 heterocycles. The Hall–Kier alpha value is -1.17. The number of aryl methyl sites for hydroxylation is 1. The highest BCUT2D eigenvalue weighted by molar-refractivity contribution is 5.32. The SMILES string of the molecule is CNCc1cnc(C)cc1OCCOCCOC. The van der Waals surface area contributed by atoms with Crippen molar-refractivity contribution in [3.63, 3.8) is 0 Å². The molecule has 0 saturated heterocycles. The Morgan fingerprint density at radius 1 is 1.22 bits per heavy atom. The van der Waals surface area contributed by atoms with Crippen molar-refractivity contribution in [2.24, 2.45) is 0 Å². The molecule has 0 aromatic carbocycles. The van der Waals surface area contributed by atoms with E-state index in [4.69, 9.17) is 14.2 Å². The third kappa shape index (κ3) is 5.44. The van der Waals surface area contributed by atoms with E-state index in [2.05, 4.69) is 10.3 Å². The Labute approximate surface area is 108 Å². The van der Waals surface area contributed by atoms with Crippen molar-refractivity contribution in [2.45, 2.75) is 13.5 Å². The molecule has 1 aromatic heterocycles. The van der Waals surface area contributed by atoms with E-state index >= 15 is 0 Å². The fraction of sp³-hybridized carbons (Fsp3) is 0.615. The molecule has 0 fully saturated rings. The van der Waals surface area contributed by atoms with Crippen LogP contribution in [0.5, 0.6) is 5.75 Å². The molecule has 0 amide bonds. The van der Waals surface area contributed by atoms with Crippen molar-refractivity contribution in [3.05, 3.63) is 23.5 Å². The summed E-state index contributed by atoms with van der Waals surface area (Å²) in [5.74, 6) is 0.868. The average molecular weight is 254 g/mol. The van der Waals surface area contributed by atoms with Crippen LogP contribution in [-0.4, -0.2) is 45.6 Å². The second kappa shape index (κ2) is 8.85. The van der Waals surface area contributed by atoms with Gasteiger partial charge in [-0.15, -0.1) is 0 Å². The molecular formula is C13H22N2O3. The van der Waals surface area contributed by atoms with Crippen LogP contribution in [0.4, 0.5) is 0 Å². The maximum atomic E-state index is 5.70. The molecule has 1 aromatic rings. The summed E-state index contributed by atoms with van der Waals surface area (Å²) in [6.07, 6.45) is 1.84. The van der Waals surface area contributed by atoms with Gasteiger partial charge in [-0.05, 0) is 14.0 Å². The number of methoxy groups -OCH3 is 1. The Bertz CT molecular complexity index is 345. The van der Waals surface area contributed by atoms with Gasteiger partial charge in [-0.2, -0.15) is 0 Å². The van der Waals surface area contributed by atoms with Crippen LogP contribution in [0.1, 0.15) is 11.3 Å². The van der Waals surface area contributed by atoms with Crippen molar-refractivity contribution in [1.29, 1.82) is 0 Å². The van der Waals surface area contributed by atoms with E-state index < -0.39 is 0 Å². The van der Waals surface area contributed by atoms with Gasteiger partial charge in [0.15, 0.2) is 0 Å². The topological polar surface area (TPSA) is 52.6 Å². The number of nitrogens with zero attached hydrogens (tertiary/aromatic N) is 1. The molecule has 0 aliphatic carbocycles. The summed E-state index contributed by atoms with van der Waals surface area (Å²) >= 11 is 0. The molecular weight excluding hydrogens is 232 g/mol. The van der Waals surface area contributed by atoms with Crippen molar-refractivity contribution >= 4 is 0 Å². The van der Waals surface area contributed by atoms with Crippen LogP contribution in [-0.2, 0) is 16.0 Å². The number of ether oxygens (including phenoxy) is 3. The highest BCUT2D eigenvalue weighted by Gasteiger charge is 2.04. The maximum absolute atomic E-state index is 5.70. The molecule has 18 heavy (non-hydrogen) atoms. The lowest BCUT2D eigenvalue weighted by Gasteiger charge is -2.12. The monoisotopic (exact) mass is 254 g/mol. The summed E-state index contributed by atoms with van der Waals surface area (Å²) in [6, 6.07) is 1.95. The van der Waals surface area contributed by atoms with Crippen LogP contribution >= 0.6 is 0 Å². The molecule has 0 radical (unpaired) electrons. The molecule has 5 nitrogen and oxygen atoms in total. The molecule has 1 rings (SSSR count). The van der Waals surface area contributed by atoms with E-state index in [1.54, 1.807) is 7.11 Å². The van der Waals surface area contributed by atoms with Crippen molar-refractivity contribution in [2.75, 3.05) is 40.6 Å². The molecule has 0 unspecified atom stereocenters. The zero-order valence-corrected chi connectivity index (χ0v) is 11.4. The summed E-state index contributed by atoms with van der Waals surface area (Å²) < 4.78 is 15.9. The van der Waals surface area contributed by atoms with Gasteiger partial charge in [-0.3, -0.25) is 4.98 Å². The average Bonchev–Trinajstić information content (AvgIpc) is 2.37. The first-order valence-corrected chi connectivity index (χ1v) is 6.07. The molecule has 102 valence electrons. The standard InChI is InChI=1S/C13H22N2O3/c1-11-8-13(12(9-14-2)10-15-11)18-7-6-17-5-4-16-3/h8,10,14H,4-7,9H2,1-3H3. The van der Waals surface area contributed by atoms with Crippen LogP contribution in [0, 0.1) is 6.92 Å². The predicted molar refractivity (Wildman–Crippen MR) is 69.9 cm³/mol. The maximum Gasteiger partial charge on any atom is 0.127 e. The smallest absolute Gasteiger partial charge is 0.127 e. The lowest BCUT2D eigenvalue weighted by Crippen LogP contribution is -2.13. The first-order valence-electron chi connectivity index (χ1n) is 6.07. The Kier molecular flexibility index (Phi) is 7.32. The van der Waals surface area contributed by atoms with Gasteiger partial charge in [0.2, 0.25) is 0 Å². The number of rotatable bonds is 9. The minimum absolute atomic E-state index is 0.532. The first-order chi connectivity index (χ1) is 8.77. The second-order valence-corrected chi connectivity index (χ2v) is 3.92. The van der Waals surface area contributed by atoms with Gasteiger partial charge in [-0.25, -0.2) is 0 Å². The van der Waals surface area contributed by atoms with Gasteiger partial charge in [0.25, 0.3) is 0 Å². The van der Waals surface area contributed by atoms with Gasteiger partial charge < -0.3 is 19.5 Å². The van der Waals surface area contributed by atoms with E-state index in [1.165, 1.54) is 0 Å². The van der Waals surface area contributed by atoms with Crippen molar-refractivity contribution < 1.29 is 14.2 Å². The van der Waals surface area contributed by atoms with Crippen LogP contribution in [0.15, 0.2) is 12.3 Å². The Morgan fingerprint density at radius 3 is 2.72 bits per heavy atom. The summed E-state index contributed by atoms with van der Waals surface area (Å²) in [6.45, 7) is 4.99. The zero-order valence-electron chi connectivity index (χ0n) is 11.4. The lowest BCUT2D eigenvalue weighted by molar-refractivity contribution is 0.0542. The fourth-order valence-electron chi connectivity index (χ4n) is 1.48. The summed E-state index contributed by atoms with van der Waals surface area (Å²) in [4.78, 5) is 4.26. The van der Waals surface area contributed by atoms with E-state index in [9.17, 15) is 0 Å². The number of aromatic nitrogens is 1. The van der Waals surface area contributed by atoms with Crippen LogP contribution in [0.25, 0.3) is 0 Å². The van der Waals surface area contributed by atoms with Gasteiger partial charge in [0, 0.05) is 37.2 Å². The van der Waals surface area contributed by atoms with E-state index in [-0.39, 0.29) is 0 Å². The van der Waals surface area contributed by atoms with Gasteiger partial charge in [-0.1, -0.05) is 0 Å². The molecule has 5 heteroatoms. The Balaban J connectivity index is 2.37. The molecule has 0 bridgehead atoms. The fourth-order valence-corrected chi connectivity index (χ4v) is 1.48. The van der Waals surface area contributed by atoms with E-state index in [0.29, 0.717) is 26.4 Å². The van der Waals surface area contributed by atoms with E-state index in [0.717, 1.165) is 23.6 Å². The molecule has 0 saturated carbocycles. The summed E-state index contributed by atoms with van der Waals surface area (Å²) in [5, 5.41) is 3.09. The lowest BCUT2D eigenvalue weighted by atomic mass is 10.2. The quantitative estimate of drug-likeness (QED) is 0.670. The van der Waals surface area contributed by atoms with Gasteiger partial charge in [0.05, 0.1) is 19.8 Å². The highest BCUT2D eigenvalue weighted by Crippen LogP contribution is 2.18. The molecule has 1 N–H and O–H groups in total. The number of pyridine rings is 1.